The minimum atomic E-state index is -3.52. The van der Waals surface area contributed by atoms with Crippen LogP contribution in [-0.4, -0.2) is 37.5 Å². The molecule has 1 heterocycles. The van der Waals surface area contributed by atoms with E-state index >= 15 is 0 Å². The van der Waals surface area contributed by atoms with E-state index in [1.807, 2.05) is 12.1 Å². The first-order valence-electron chi connectivity index (χ1n) is 7.52. The highest BCUT2D eigenvalue weighted by molar-refractivity contribution is 7.89. The molecule has 6 nitrogen and oxygen atoms in total. The summed E-state index contributed by atoms with van der Waals surface area (Å²) in [5, 5.41) is 5.95. The van der Waals surface area contributed by atoms with Gasteiger partial charge in [-0.25, -0.2) is 12.7 Å². The number of benzene rings is 1. The van der Waals surface area contributed by atoms with Crippen molar-refractivity contribution >= 4 is 15.9 Å². The van der Waals surface area contributed by atoms with Gasteiger partial charge in [-0.1, -0.05) is 32.0 Å². The van der Waals surface area contributed by atoms with Crippen molar-refractivity contribution in [2.45, 2.75) is 33.5 Å². The first-order chi connectivity index (χ1) is 10.5. The van der Waals surface area contributed by atoms with Crippen molar-refractivity contribution in [1.82, 2.24) is 14.9 Å². The molecule has 1 amide bonds. The predicted octanol–water partition coefficient (Wildman–Crippen LogP) is 0.578. The van der Waals surface area contributed by atoms with Gasteiger partial charge in [0.15, 0.2) is 0 Å². The van der Waals surface area contributed by atoms with Gasteiger partial charge < -0.3 is 10.6 Å². The van der Waals surface area contributed by atoms with Crippen molar-refractivity contribution < 1.29 is 13.2 Å². The molecule has 0 radical (unpaired) electrons. The molecule has 0 saturated heterocycles. The molecule has 22 heavy (non-hydrogen) atoms. The standard InChI is InChI=1S/C15H23N3O3S/c1-3-18(4-2)22(20,21)11-15(19)17-8-12-5-6-13-9-16-10-14(13)7-12/h5-7,16H,3-4,8-11H2,1-2H3,(H,17,19). The second-order valence-electron chi connectivity index (χ2n) is 5.32. The second-order valence-corrected chi connectivity index (χ2v) is 7.29. The Bertz CT molecular complexity index is 639. The van der Waals surface area contributed by atoms with Crippen LogP contribution in [0.4, 0.5) is 0 Å². The van der Waals surface area contributed by atoms with Crippen LogP contribution in [-0.2, 0) is 34.5 Å². The highest BCUT2D eigenvalue weighted by Crippen LogP contribution is 2.16. The van der Waals surface area contributed by atoms with Gasteiger partial charge in [-0.2, -0.15) is 0 Å². The maximum atomic E-state index is 12.0. The summed E-state index contributed by atoms with van der Waals surface area (Å²) in [4.78, 5) is 11.9. The Morgan fingerprint density at radius 1 is 1.23 bits per heavy atom. The number of hydrogen-bond donors (Lipinski definition) is 2. The second kappa shape index (κ2) is 7.21. The van der Waals surface area contributed by atoms with Gasteiger partial charge in [0, 0.05) is 32.7 Å². The third-order valence-electron chi connectivity index (χ3n) is 3.80. The average molecular weight is 325 g/mol. The summed E-state index contributed by atoms with van der Waals surface area (Å²) in [6.07, 6.45) is 0. The summed E-state index contributed by atoms with van der Waals surface area (Å²) in [6, 6.07) is 6.06. The smallest absolute Gasteiger partial charge is 0.236 e. The quantitative estimate of drug-likeness (QED) is 0.768. The fourth-order valence-electron chi connectivity index (χ4n) is 2.58. The number of amides is 1. The lowest BCUT2D eigenvalue weighted by molar-refractivity contribution is -0.118. The third-order valence-corrected chi connectivity index (χ3v) is 5.73. The lowest BCUT2D eigenvalue weighted by atomic mass is 10.1. The van der Waals surface area contributed by atoms with Gasteiger partial charge in [-0.15, -0.1) is 0 Å². The summed E-state index contributed by atoms with van der Waals surface area (Å²) < 4.78 is 25.3. The zero-order valence-corrected chi connectivity index (χ0v) is 13.9. The van der Waals surface area contributed by atoms with Crippen LogP contribution in [0.25, 0.3) is 0 Å². The molecule has 0 fully saturated rings. The zero-order chi connectivity index (χ0) is 16.2. The lowest BCUT2D eigenvalue weighted by Crippen LogP contribution is -2.39. The predicted molar refractivity (Wildman–Crippen MR) is 85.5 cm³/mol. The van der Waals surface area contributed by atoms with Crippen LogP contribution < -0.4 is 10.6 Å². The normalized spacial score (nSPS) is 14.1. The van der Waals surface area contributed by atoms with Gasteiger partial charge in [0.25, 0.3) is 0 Å². The van der Waals surface area contributed by atoms with Crippen LogP contribution >= 0.6 is 0 Å². The van der Waals surface area contributed by atoms with Crippen LogP contribution in [0, 0.1) is 0 Å². The van der Waals surface area contributed by atoms with E-state index in [4.69, 9.17) is 0 Å². The van der Waals surface area contributed by atoms with Crippen molar-refractivity contribution in [3.63, 3.8) is 0 Å². The molecule has 0 unspecified atom stereocenters. The molecule has 2 N–H and O–H groups in total. The summed E-state index contributed by atoms with van der Waals surface area (Å²) in [7, 11) is -3.52. The molecule has 1 aliphatic rings. The topological polar surface area (TPSA) is 78.5 Å². The van der Waals surface area contributed by atoms with Crippen LogP contribution in [0.5, 0.6) is 0 Å². The van der Waals surface area contributed by atoms with Gasteiger partial charge in [-0.3, -0.25) is 4.79 Å². The van der Waals surface area contributed by atoms with E-state index in [1.54, 1.807) is 13.8 Å². The SMILES string of the molecule is CCN(CC)S(=O)(=O)CC(=O)NCc1ccc2c(c1)CNC2. The van der Waals surface area contributed by atoms with Gasteiger partial charge in [0.2, 0.25) is 15.9 Å². The summed E-state index contributed by atoms with van der Waals surface area (Å²) >= 11 is 0. The fourth-order valence-corrected chi connectivity index (χ4v) is 3.99. The monoisotopic (exact) mass is 325 g/mol. The van der Waals surface area contributed by atoms with Crippen molar-refractivity contribution in [3.8, 4) is 0 Å². The molecule has 0 aliphatic carbocycles. The van der Waals surface area contributed by atoms with E-state index in [9.17, 15) is 13.2 Å². The molecule has 1 aliphatic heterocycles. The van der Waals surface area contributed by atoms with Crippen LogP contribution in [0.15, 0.2) is 18.2 Å². The Kier molecular flexibility index (Phi) is 5.55. The highest BCUT2D eigenvalue weighted by atomic mass is 32.2. The largest absolute Gasteiger partial charge is 0.351 e. The Hall–Kier alpha value is -1.44. The first kappa shape index (κ1) is 16.9. The number of carbonyl (C=O) groups excluding carboxylic acids is 1. The minimum Gasteiger partial charge on any atom is -0.351 e. The Balaban J connectivity index is 1.90. The summed E-state index contributed by atoms with van der Waals surface area (Å²) in [6.45, 7) is 6.35. The Morgan fingerprint density at radius 2 is 1.91 bits per heavy atom. The van der Waals surface area contributed by atoms with Gasteiger partial charge >= 0.3 is 0 Å². The summed E-state index contributed by atoms with van der Waals surface area (Å²) in [5.41, 5.74) is 3.50. The molecule has 1 aromatic carbocycles. The molecule has 0 aromatic heterocycles. The van der Waals surface area contributed by atoms with E-state index in [0.29, 0.717) is 19.6 Å². The van der Waals surface area contributed by atoms with E-state index in [1.165, 1.54) is 15.4 Å². The minimum absolute atomic E-state index is 0.347. The third kappa shape index (κ3) is 4.06. The average Bonchev–Trinajstić information content (AvgIpc) is 2.93. The van der Waals surface area contributed by atoms with Crippen LogP contribution in [0.3, 0.4) is 0 Å². The number of nitrogens with one attached hydrogen (secondary N) is 2. The van der Waals surface area contributed by atoms with Gasteiger partial charge in [-0.05, 0) is 16.7 Å². The van der Waals surface area contributed by atoms with Crippen molar-refractivity contribution in [2.75, 3.05) is 18.8 Å². The molecular formula is C15H23N3O3S. The Labute approximate surface area is 131 Å². The molecule has 1 aromatic rings. The van der Waals surface area contributed by atoms with Gasteiger partial charge in [0.05, 0.1) is 0 Å². The van der Waals surface area contributed by atoms with E-state index in [0.717, 1.165) is 18.7 Å². The molecule has 0 bridgehead atoms. The zero-order valence-electron chi connectivity index (χ0n) is 13.1. The molecule has 2 rings (SSSR count). The van der Waals surface area contributed by atoms with E-state index < -0.39 is 21.7 Å². The number of nitrogens with zero attached hydrogens (tertiary/aromatic N) is 1. The van der Waals surface area contributed by atoms with E-state index in [-0.39, 0.29) is 0 Å². The maximum absolute atomic E-state index is 12.0. The van der Waals surface area contributed by atoms with Crippen LogP contribution in [0.1, 0.15) is 30.5 Å². The molecular weight excluding hydrogens is 302 g/mol. The summed E-state index contributed by atoms with van der Waals surface area (Å²) in [5.74, 6) is -0.966. The maximum Gasteiger partial charge on any atom is 0.236 e. The lowest BCUT2D eigenvalue weighted by Gasteiger charge is -2.18. The van der Waals surface area contributed by atoms with Crippen LogP contribution in [0.2, 0.25) is 0 Å². The number of fused-ring (bicyclic) bond motifs is 1. The van der Waals surface area contributed by atoms with Crippen molar-refractivity contribution in [3.05, 3.63) is 34.9 Å². The molecule has 0 spiro atoms. The highest BCUT2D eigenvalue weighted by Gasteiger charge is 2.22. The molecule has 0 atom stereocenters. The number of carbonyl (C=O) groups is 1. The molecule has 7 heteroatoms. The van der Waals surface area contributed by atoms with E-state index in [2.05, 4.69) is 16.7 Å². The first-order valence-corrected chi connectivity index (χ1v) is 9.13. The molecule has 0 saturated carbocycles. The Morgan fingerprint density at radius 3 is 2.59 bits per heavy atom. The molecule has 122 valence electrons. The van der Waals surface area contributed by atoms with Gasteiger partial charge in [0.1, 0.15) is 5.75 Å². The number of hydrogen-bond acceptors (Lipinski definition) is 4. The van der Waals surface area contributed by atoms with Crippen molar-refractivity contribution in [2.24, 2.45) is 0 Å². The number of rotatable bonds is 7. The number of sulfonamides is 1. The van der Waals surface area contributed by atoms with Crippen molar-refractivity contribution in [1.29, 1.82) is 0 Å². The fraction of sp³-hybridized carbons (Fsp3) is 0.533.